The fourth-order valence-electron chi connectivity index (χ4n) is 9.58. The van der Waals surface area contributed by atoms with Gasteiger partial charge in [0.1, 0.15) is 0 Å². The molecule has 2 saturated carbocycles. The summed E-state index contributed by atoms with van der Waals surface area (Å²) in [6.07, 6.45) is 12.9. The molecule has 0 atom stereocenters. The average molecular weight is 856 g/mol. The summed E-state index contributed by atoms with van der Waals surface area (Å²) in [7, 11) is 0. The van der Waals surface area contributed by atoms with Crippen LogP contribution < -0.4 is 0 Å². The largest absolute Gasteiger partial charge is 4.00 e. The molecule has 270 valence electrons. The molecule has 3 aliphatic rings. The van der Waals surface area contributed by atoms with E-state index in [9.17, 15) is 0 Å². The predicted molar refractivity (Wildman–Crippen MR) is 210 cm³/mol. The SMILES string of the molecule is CC1(Cc2cc3[c-]c(c2)C(C)(C)c2[c-]c(cc(CC4(C)CCCC4)c2)C(C)(C)c2[c-]c(ccc2)C(C)(C)c2[c-]c(ccc2)C3(C)C)CCCC1.[Pt+4]. The van der Waals surface area contributed by atoms with Crippen LogP contribution in [0.25, 0.3) is 0 Å². The third-order valence-electron chi connectivity index (χ3n) is 13.7. The van der Waals surface area contributed by atoms with E-state index in [2.05, 4.69) is 154 Å². The first kappa shape index (κ1) is 38.3. The second kappa shape index (κ2) is 13.5. The van der Waals surface area contributed by atoms with E-state index in [4.69, 9.17) is 0 Å². The minimum Gasteiger partial charge on any atom is -0.175 e. The van der Waals surface area contributed by atoms with Crippen LogP contribution in [0.1, 0.15) is 176 Å². The zero-order chi connectivity index (χ0) is 35.7. The maximum atomic E-state index is 4.10. The van der Waals surface area contributed by atoms with Gasteiger partial charge in [-0.2, -0.15) is 141 Å². The number of rotatable bonds is 4. The van der Waals surface area contributed by atoms with Crippen LogP contribution in [0.2, 0.25) is 0 Å². The van der Waals surface area contributed by atoms with Gasteiger partial charge >= 0.3 is 21.1 Å². The van der Waals surface area contributed by atoms with Gasteiger partial charge in [0.05, 0.1) is 0 Å². The Kier molecular flexibility index (Phi) is 10.1. The van der Waals surface area contributed by atoms with Crippen LogP contribution in [-0.2, 0) is 55.6 Å². The molecule has 0 amide bonds. The zero-order valence-corrected chi connectivity index (χ0v) is 35.4. The summed E-state index contributed by atoms with van der Waals surface area (Å²) >= 11 is 0. The van der Waals surface area contributed by atoms with Gasteiger partial charge in [0.25, 0.3) is 0 Å². The molecule has 8 bridgehead atoms. The van der Waals surface area contributed by atoms with Crippen molar-refractivity contribution in [1.29, 1.82) is 0 Å². The topological polar surface area (TPSA) is 0 Å². The second-order valence-electron chi connectivity index (χ2n) is 19.5. The minimum atomic E-state index is -0.287. The molecule has 0 saturated heterocycles. The van der Waals surface area contributed by atoms with Gasteiger partial charge in [-0.1, -0.05) is 94.9 Å². The summed E-state index contributed by atoms with van der Waals surface area (Å²) in [6, 6.07) is 39.7. The molecule has 0 spiro atoms. The molecule has 3 aliphatic carbocycles. The van der Waals surface area contributed by atoms with Gasteiger partial charge in [-0.15, -0.1) is 0 Å². The summed E-state index contributed by atoms with van der Waals surface area (Å²) in [5.74, 6) is 0. The van der Waals surface area contributed by atoms with Crippen molar-refractivity contribution in [3.05, 3.63) is 141 Å². The van der Waals surface area contributed by atoms with E-state index in [0.717, 1.165) is 12.8 Å². The Morgan fingerprint density at radius 1 is 0.392 bits per heavy atom. The number of benzene rings is 4. The third kappa shape index (κ3) is 7.15. The van der Waals surface area contributed by atoms with Gasteiger partial charge in [-0.25, -0.2) is 0 Å². The Morgan fingerprint density at radius 2 is 0.627 bits per heavy atom. The molecular formula is C50H60Pt. The molecule has 7 rings (SSSR count). The van der Waals surface area contributed by atoms with Crippen LogP contribution in [0.15, 0.2) is 60.7 Å². The molecule has 4 aromatic carbocycles. The van der Waals surface area contributed by atoms with Crippen LogP contribution in [0.5, 0.6) is 0 Å². The first-order valence-corrected chi connectivity index (χ1v) is 19.6. The fourth-order valence-corrected chi connectivity index (χ4v) is 9.58. The van der Waals surface area contributed by atoms with Gasteiger partial charge in [-0.05, 0) is 71.0 Å². The first-order chi connectivity index (χ1) is 23.4. The van der Waals surface area contributed by atoms with Crippen LogP contribution in [-0.4, -0.2) is 0 Å². The molecule has 0 radical (unpaired) electrons. The van der Waals surface area contributed by atoms with Crippen LogP contribution in [0, 0.1) is 35.1 Å². The van der Waals surface area contributed by atoms with Crippen LogP contribution in [0.4, 0.5) is 0 Å². The zero-order valence-electron chi connectivity index (χ0n) is 33.2. The quantitative estimate of drug-likeness (QED) is 0.179. The second-order valence-corrected chi connectivity index (χ2v) is 19.5. The molecule has 0 nitrogen and oxygen atoms in total. The van der Waals surface area contributed by atoms with Gasteiger partial charge in [-0.3, -0.25) is 0 Å². The molecule has 1 heteroatoms. The van der Waals surface area contributed by atoms with Gasteiger partial charge in [0.2, 0.25) is 0 Å². The van der Waals surface area contributed by atoms with Crippen molar-refractivity contribution in [2.45, 2.75) is 155 Å². The average Bonchev–Trinajstić information content (AvgIpc) is 3.71. The van der Waals surface area contributed by atoms with E-state index in [1.807, 2.05) is 0 Å². The molecular weight excluding hydrogens is 796 g/mol. The van der Waals surface area contributed by atoms with Crippen molar-refractivity contribution in [2.75, 3.05) is 0 Å². The third-order valence-corrected chi connectivity index (χ3v) is 13.7. The Labute approximate surface area is 325 Å². The molecule has 0 aromatic heterocycles. The summed E-state index contributed by atoms with van der Waals surface area (Å²) in [6.45, 7) is 24.1. The van der Waals surface area contributed by atoms with E-state index in [1.165, 1.54) is 107 Å². The van der Waals surface area contributed by atoms with Gasteiger partial charge < -0.3 is 0 Å². The van der Waals surface area contributed by atoms with E-state index in [-0.39, 0.29) is 42.7 Å². The van der Waals surface area contributed by atoms with Crippen molar-refractivity contribution in [3.63, 3.8) is 0 Å². The molecule has 4 aromatic rings. The minimum absolute atomic E-state index is 0. The van der Waals surface area contributed by atoms with Crippen molar-refractivity contribution in [2.24, 2.45) is 10.8 Å². The molecule has 2 fully saturated rings. The van der Waals surface area contributed by atoms with E-state index in [0.29, 0.717) is 10.8 Å². The standard InChI is InChI=1S/C50H60.Pt/c1-45(2)37-17-15-19-39(29-37)46(3,4)41-25-35(33-49(9)21-11-12-22-49)27-43(31-41)48(7,8)44-28-36(34-50(10)23-13-14-24-50)26-42(32-44)47(5,6)40-20-16-18-38(45)30-40;/h15-20,25-28H,11-14,21-24,33-34H2,1-10H3;/q-4;+4. The maximum Gasteiger partial charge on any atom is 4.00 e. The maximum absolute atomic E-state index is 4.10. The smallest absolute Gasteiger partial charge is 0.175 e. The van der Waals surface area contributed by atoms with Gasteiger partial charge in [0, 0.05) is 0 Å². The van der Waals surface area contributed by atoms with Crippen molar-refractivity contribution < 1.29 is 21.1 Å². The van der Waals surface area contributed by atoms with Crippen LogP contribution >= 0.6 is 0 Å². The summed E-state index contributed by atoms with van der Waals surface area (Å²) in [5.41, 5.74) is 12.5. The Balaban J connectivity index is 0.00000448. The molecule has 0 unspecified atom stereocenters. The predicted octanol–water partition coefficient (Wildman–Crippen LogP) is 12.7. The summed E-state index contributed by atoms with van der Waals surface area (Å²) < 4.78 is 0. The molecule has 0 heterocycles. The van der Waals surface area contributed by atoms with Crippen molar-refractivity contribution in [3.8, 4) is 0 Å². The first-order valence-electron chi connectivity index (χ1n) is 19.6. The van der Waals surface area contributed by atoms with Gasteiger partial charge in [0.15, 0.2) is 0 Å². The Hall–Kier alpha value is -2.43. The number of fused-ring (bicyclic) bond motifs is 8. The van der Waals surface area contributed by atoms with E-state index >= 15 is 0 Å². The molecule has 0 aliphatic heterocycles. The molecule has 51 heavy (non-hydrogen) atoms. The van der Waals surface area contributed by atoms with Crippen molar-refractivity contribution >= 4 is 0 Å². The number of hydrogen-bond acceptors (Lipinski definition) is 0. The summed E-state index contributed by atoms with van der Waals surface area (Å²) in [4.78, 5) is 0. The monoisotopic (exact) mass is 855 g/mol. The Morgan fingerprint density at radius 3 is 0.922 bits per heavy atom. The van der Waals surface area contributed by atoms with Crippen LogP contribution in [0.3, 0.4) is 0 Å². The van der Waals surface area contributed by atoms with E-state index in [1.54, 1.807) is 0 Å². The molecule has 0 N–H and O–H groups in total. The Bertz CT molecular complexity index is 1750. The fraction of sp³-hybridized carbons (Fsp3) is 0.520. The number of hydrogen-bond donors (Lipinski definition) is 0. The summed E-state index contributed by atoms with van der Waals surface area (Å²) in [5, 5.41) is 0. The van der Waals surface area contributed by atoms with E-state index < -0.39 is 0 Å². The normalized spacial score (nSPS) is 21.8. The van der Waals surface area contributed by atoms with Crippen molar-refractivity contribution in [1.82, 2.24) is 0 Å².